The maximum Gasteiger partial charge on any atom is 0.239 e. The highest BCUT2D eigenvalue weighted by Crippen LogP contribution is 2.29. The van der Waals surface area contributed by atoms with Crippen LogP contribution in [0.4, 0.5) is 11.6 Å². The smallest absolute Gasteiger partial charge is 0.239 e. The molecule has 0 fully saturated rings. The van der Waals surface area contributed by atoms with Gasteiger partial charge in [-0.05, 0) is 19.8 Å². The molecular formula is C14H25N5O. The Morgan fingerprint density at radius 2 is 2.00 bits per heavy atom. The van der Waals surface area contributed by atoms with Crippen LogP contribution in [-0.4, -0.2) is 42.6 Å². The van der Waals surface area contributed by atoms with Gasteiger partial charge >= 0.3 is 0 Å². The summed E-state index contributed by atoms with van der Waals surface area (Å²) in [7, 11) is 1.87. The van der Waals surface area contributed by atoms with Crippen molar-refractivity contribution in [3.05, 3.63) is 11.9 Å². The molecule has 0 bridgehead atoms. The minimum absolute atomic E-state index is 0.00619. The number of hydrogen-bond acceptors (Lipinski definition) is 5. The van der Waals surface area contributed by atoms with Gasteiger partial charge in [0.2, 0.25) is 5.91 Å². The lowest BCUT2D eigenvalue weighted by Crippen LogP contribution is -2.36. The molecule has 1 aromatic heterocycles. The second kappa shape index (κ2) is 7.67. The zero-order chi connectivity index (χ0) is 15.1. The summed E-state index contributed by atoms with van der Waals surface area (Å²) >= 11 is 0. The predicted octanol–water partition coefficient (Wildman–Crippen LogP) is 1.60. The van der Waals surface area contributed by atoms with Gasteiger partial charge in [-0.2, -0.15) is 0 Å². The van der Waals surface area contributed by atoms with Crippen LogP contribution >= 0.6 is 0 Å². The van der Waals surface area contributed by atoms with E-state index >= 15 is 0 Å². The Balaban J connectivity index is 3.03. The summed E-state index contributed by atoms with van der Waals surface area (Å²) < 4.78 is 0. The molecule has 0 aliphatic carbocycles. The van der Waals surface area contributed by atoms with Gasteiger partial charge in [-0.3, -0.25) is 4.79 Å². The van der Waals surface area contributed by atoms with Gasteiger partial charge < -0.3 is 15.5 Å². The van der Waals surface area contributed by atoms with Crippen LogP contribution in [0.5, 0.6) is 0 Å². The topological polar surface area (TPSA) is 70.2 Å². The molecule has 2 N–H and O–H groups in total. The lowest BCUT2D eigenvalue weighted by Gasteiger charge is -2.23. The Hall–Kier alpha value is -1.85. The SMILES string of the molecule is CCNC(=O)CN(C)c1ncnc(NCC)c1C(C)C. The van der Waals surface area contributed by atoms with Gasteiger partial charge in [-0.1, -0.05) is 13.8 Å². The normalized spacial score (nSPS) is 10.5. The largest absolute Gasteiger partial charge is 0.370 e. The first-order valence-electron chi connectivity index (χ1n) is 7.07. The Morgan fingerprint density at radius 1 is 1.30 bits per heavy atom. The van der Waals surface area contributed by atoms with E-state index in [0.717, 1.165) is 23.7 Å². The standard InChI is InChI=1S/C14H25N5O/c1-6-15-11(20)8-19(5)14-12(10(3)4)13(16-7-2)17-9-18-14/h9-10H,6-8H2,1-5H3,(H,15,20)(H,16,17,18). The van der Waals surface area contributed by atoms with Crippen LogP contribution in [0.1, 0.15) is 39.2 Å². The Bertz CT molecular complexity index is 447. The molecule has 1 aromatic rings. The van der Waals surface area contributed by atoms with Crippen molar-refractivity contribution < 1.29 is 4.79 Å². The quantitative estimate of drug-likeness (QED) is 0.793. The van der Waals surface area contributed by atoms with Crippen molar-refractivity contribution >= 4 is 17.5 Å². The van der Waals surface area contributed by atoms with E-state index in [-0.39, 0.29) is 18.4 Å². The van der Waals surface area contributed by atoms with Crippen LogP contribution in [0.3, 0.4) is 0 Å². The predicted molar refractivity (Wildman–Crippen MR) is 82.2 cm³/mol. The number of anilines is 2. The molecule has 6 nitrogen and oxygen atoms in total. The molecule has 0 unspecified atom stereocenters. The second-order valence-corrected chi connectivity index (χ2v) is 4.95. The highest BCUT2D eigenvalue weighted by molar-refractivity contribution is 5.81. The van der Waals surface area contributed by atoms with Crippen LogP contribution in [-0.2, 0) is 4.79 Å². The van der Waals surface area contributed by atoms with E-state index in [1.54, 1.807) is 0 Å². The molecule has 1 amide bonds. The molecule has 0 saturated carbocycles. The molecule has 0 aliphatic rings. The number of likely N-dealkylation sites (N-methyl/N-ethyl adjacent to an activating group) is 2. The molecular weight excluding hydrogens is 254 g/mol. The van der Waals surface area contributed by atoms with E-state index in [1.165, 1.54) is 6.33 Å². The van der Waals surface area contributed by atoms with Crippen molar-refractivity contribution in [1.82, 2.24) is 15.3 Å². The van der Waals surface area contributed by atoms with Crippen molar-refractivity contribution in [3.8, 4) is 0 Å². The van der Waals surface area contributed by atoms with E-state index in [1.807, 2.05) is 25.8 Å². The summed E-state index contributed by atoms with van der Waals surface area (Å²) in [5, 5.41) is 6.05. The second-order valence-electron chi connectivity index (χ2n) is 4.95. The maximum atomic E-state index is 11.7. The summed E-state index contributed by atoms with van der Waals surface area (Å²) in [6.45, 7) is 9.87. The molecule has 0 radical (unpaired) electrons. The first-order valence-corrected chi connectivity index (χ1v) is 7.07. The van der Waals surface area contributed by atoms with Crippen molar-refractivity contribution in [2.45, 2.75) is 33.6 Å². The highest BCUT2D eigenvalue weighted by atomic mass is 16.2. The number of carbonyl (C=O) groups excluding carboxylic acids is 1. The van der Waals surface area contributed by atoms with Crippen LogP contribution in [0.15, 0.2) is 6.33 Å². The van der Waals surface area contributed by atoms with Gasteiger partial charge in [0.05, 0.1) is 6.54 Å². The number of rotatable bonds is 7. The molecule has 112 valence electrons. The molecule has 0 aliphatic heterocycles. The molecule has 0 spiro atoms. The van der Waals surface area contributed by atoms with Crippen molar-refractivity contribution in [2.24, 2.45) is 0 Å². The Morgan fingerprint density at radius 3 is 2.55 bits per heavy atom. The molecule has 0 aromatic carbocycles. The lowest BCUT2D eigenvalue weighted by atomic mass is 10.0. The lowest BCUT2D eigenvalue weighted by molar-refractivity contribution is -0.119. The molecule has 0 atom stereocenters. The van der Waals surface area contributed by atoms with Crippen LogP contribution in [0, 0.1) is 0 Å². The number of aromatic nitrogens is 2. The fourth-order valence-corrected chi connectivity index (χ4v) is 2.07. The number of nitrogens with one attached hydrogen (secondary N) is 2. The minimum atomic E-state index is -0.00619. The summed E-state index contributed by atoms with van der Waals surface area (Å²) in [6.07, 6.45) is 1.54. The summed E-state index contributed by atoms with van der Waals surface area (Å²) in [5.74, 6) is 1.91. The van der Waals surface area contributed by atoms with E-state index in [4.69, 9.17) is 0 Å². The van der Waals surface area contributed by atoms with Crippen LogP contribution < -0.4 is 15.5 Å². The van der Waals surface area contributed by atoms with Gasteiger partial charge in [-0.15, -0.1) is 0 Å². The van der Waals surface area contributed by atoms with E-state index in [0.29, 0.717) is 6.54 Å². The third kappa shape index (κ3) is 4.08. The summed E-state index contributed by atoms with van der Waals surface area (Å²) in [6, 6.07) is 0. The average Bonchev–Trinajstić information content (AvgIpc) is 2.38. The summed E-state index contributed by atoms with van der Waals surface area (Å²) in [4.78, 5) is 22.2. The highest BCUT2D eigenvalue weighted by Gasteiger charge is 2.18. The first kappa shape index (κ1) is 16.2. The van der Waals surface area contributed by atoms with Crippen molar-refractivity contribution in [1.29, 1.82) is 0 Å². The van der Waals surface area contributed by atoms with E-state index in [2.05, 4.69) is 34.4 Å². The Labute approximate surface area is 121 Å². The van der Waals surface area contributed by atoms with Crippen molar-refractivity contribution in [2.75, 3.05) is 36.9 Å². The Kier molecular flexibility index (Phi) is 6.21. The third-order valence-corrected chi connectivity index (χ3v) is 2.90. The first-order chi connectivity index (χ1) is 9.51. The van der Waals surface area contributed by atoms with Gasteiger partial charge in [0.25, 0.3) is 0 Å². The molecule has 1 rings (SSSR count). The minimum Gasteiger partial charge on any atom is -0.370 e. The average molecular weight is 279 g/mol. The fourth-order valence-electron chi connectivity index (χ4n) is 2.07. The van der Waals surface area contributed by atoms with E-state index < -0.39 is 0 Å². The fraction of sp³-hybridized carbons (Fsp3) is 0.643. The number of carbonyl (C=O) groups is 1. The molecule has 6 heteroatoms. The van der Waals surface area contributed by atoms with Gasteiger partial charge in [-0.25, -0.2) is 9.97 Å². The number of amides is 1. The van der Waals surface area contributed by atoms with Crippen molar-refractivity contribution in [3.63, 3.8) is 0 Å². The third-order valence-electron chi connectivity index (χ3n) is 2.90. The molecule has 1 heterocycles. The van der Waals surface area contributed by atoms with Gasteiger partial charge in [0, 0.05) is 25.7 Å². The number of nitrogens with zero attached hydrogens (tertiary/aromatic N) is 3. The maximum absolute atomic E-state index is 11.7. The van der Waals surface area contributed by atoms with Crippen LogP contribution in [0.25, 0.3) is 0 Å². The van der Waals surface area contributed by atoms with E-state index in [9.17, 15) is 4.79 Å². The van der Waals surface area contributed by atoms with Gasteiger partial charge in [0.1, 0.15) is 18.0 Å². The molecule has 0 saturated heterocycles. The zero-order valence-corrected chi connectivity index (χ0v) is 13.0. The van der Waals surface area contributed by atoms with Gasteiger partial charge in [0.15, 0.2) is 0 Å². The summed E-state index contributed by atoms with van der Waals surface area (Å²) in [5.41, 5.74) is 1.04. The number of hydrogen-bond donors (Lipinski definition) is 2. The van der Waals surface area contributed by atoms with Crippen LogP contribution in [0.2, 0.25) is 0 Å². The molecule has 20 heavy (non-hydrogen) atoms. The monoisotopic (exact) mass is 279 g/mol. The zero-order valence-electron chi connectivity index (χ0n) is 13.0.